The number of amides is 2. The Bertz CT molecular complexity index is 505. The van der Waals surface area contributed by atoms with Gasteiger partial charge in [0.05, 0.1) is 6.20 Å². The van der Waals surface area contributed by atoms with Crippen LogP contribution in [0.1, 0.15) is 31.4 Å². The second-order valence-corrected chi connectivity index (χ2v) is 5.63. The highest BCUT2D eigenvalue weighted by atomic mass is 16.2. The molecule has 1 aliphatic rings. The number of carbonyl (C=O) groups is 2. The van der Waals surface area contributed by atoms with Gasteiger partial charge in [0.25, 0.3) is 0 Å². The molecule has 1 fully saturated rings. The van der Waals surface area contributed by atoms with Crippen LogP contribution in [0.5, 0.6) is 0 Å². The molecule has 0 spiro atoms. The van der Waals surface area contributed by atoms with Crippen molar-refractivity contribution >= 4 is 11.8 Å². The molecule has 2 heterocycles. The molecule has 3 N–H and O–H groups in total. The highest BCUT2D eigenvalue weighted by Gasteiger charge is 2.27. The minimum Gasteiger partial charge on any atom is -0.356 e. The van der Waals surface area contributed by atoms with Crippen LogP contribution >= 0.6 is 0 Å². The molecule has 116 valence electrons. The molecule has 2 rings (SSSR count). The normalized spacial score (nSPS) is 17.6. The molecule has 0 bridgehead atoms. The third kappa shape index (κ3) is 4.04. The standard InChI is InChI=1S/C14H23N5O2/c1-10(20)16-7-11-3-5-19(6-4-11)14(21)13(15)12-8-17-18(2)9-12/h8-9,11,13H,3-7,15H2,1-2H3,(H,16,20). The lowest BCUT2D eigenvalue weighted by atomic mass is 9.96. The maximum Gasteiger partial charge on any atom is 0.244 e. The van der Waals surface area contributed by atoms with Crippen molar-refractivity contribution in [3.8, 4) is 0 Å². The van der Waals surface area contributed by atoms with Gasteiger partial charge in [-0.2, -0.15) is 5.10 Å². The summed E-state index contributed by atoms with van der Waals surface area (Å²) >= 11 is 0. The molecule has 7 nitrogen and oxygen atoms in total. The molecule has 1 aromatic rings. The van der Waals surface area contributed by atoms with Crippen molar-refractivity contribution < 1.29 is 9.59 Å². The topological polar surface area (TPSA) is 93.2 Å². The first-order chi connectivity index (χ1) is 9.97. The Morgan fingerprint density at radius 3 is 2.67 bits per heavy atom. The Kier molecular flexibility index (Phi) is 4.95. The Morgan fingerprint density at radius 2 is 2.14 bits per heavy atom. The van der Waals surface area contributed by atoms with Crippen LogP contribution in [0.2, 0.25) is 0 Å². The summed E-state index contributed by atoms with van der Waals surface area (Å²) in [4.78, 5) is 25.1. The third-order valence-electron chi connectivity index (χ3n) is 3.92. The van der Waals surface area contributed by atoms with Gasteiger partial charge in [-0.25, -0.2) is 0 Å². The van der Waals surface area contributed by atoms with Gasteiger partial charge in [-0.15, -0.1) is 0 Å². The predicted molar refractivity (Wildman–Crippen MR) is 78.1 cm³/mol. The molecule has 2 amide bonds. The summed E-state index contributed by atoms with van der Waals surface area (Å²) in [6.07, 6.45) is 5.19. The molecular formula is C14H23N5O2. The summed E-state index contributed by atoms with van der Waals surface area (Å²) in [6, 6.07) is -0.648. The first kappa shape index (κ1) is 15.5. The third-order valence-corrected chi connectivity index (χ3v) is 3.92. The molecule has 7 heteroatoms. The van der Waals surface area contributed by atoms with E-state index in [2.05, 4.69) is 10.4 Å². The largest absolute Gasteiger partial charge is 0.356 e. The van der Waals surface area contributed by atoms with Crippen molar-refractivity contribution in [3.63, 3.8) is 0 Å². The van der Waals surface area contributed by atoms with Crippen LogP contribution in [0.4, 0.5) is 0 Å². The Balaban J connectivity index is 1.84. The van der Waals surface area contributed by atoms with Crippen molar-refractivity contribution in [2.75, 3.05) is 19.6 Å². The number of carbonyl (C=O) groups excluding carboxylic acids is 2. The smallest absolute Gasteiger partial charge is 0.244 e. The fourth-order valence-corrected chi connectivity index (χ4v) is 2.59. The maximum atomic E-state index is 12.4. The molecule has 0 saturated carbocycles. The molecule has 1 unspecified atom stereocenters. The van der Waals surface area contributed by atoms with Crippen LogP contribution in [-0.2, 0) is 16.6 Å². The second kappa shape index (κ2) is 6.71. The van der Waals surface area contributed by atoms with Gasteiger partial charge in [-0.3, -0.25) is 14.3 Å². The van der Waals surface area contributed by atoms with Crippen molar-refractivity contribution in [1.82, 2.24) is 20.0 Å². The summed E-state index contributed by atoms with van der Waals surface area (Å²) < 4.78 is 1.64. The zero-order valence-corrected chi connectivity index (χ0v) is 12.6. The lowest BCUT2D eigenvalue weighted by Gasteiger charge is -2.33. The average molecular weight is 293 g/mol. The van der Waals surface area contributed by atoms with Crippen molar-refractivity contribution in [3.05, 3.63) is 18.0 Å². The number of rotatable bonds is 4. The molecule has 1 aliphatic heterocycles. The maximum absolute atomic E-state index is 12.4. The Hall–Kier alpha value is -1.89. The Morgan fingerprint density at radius 1 is 1.48 bits per heavy atom. The van der Waals surface area contributed by atoms with E-state index in [0.29, 0.717) is 25.6 Å². The summed E-state index contributed by atoms with van der Waals surface area (Å²) in [6.45, 7) is 3.59. The van der Waals surface area contributed by atoms with Gasteiger partial charge in [0.1, 0.15) is 6.04 Å². The van der Waals surface area contributed by atoms with E-state index >= 15 is 0 Å². The van der Waals surface area contributed by atoms with E-state index in [4.69, 9.17) is 5.73 Å². The zero-order valence-electron chi connectivity index (χ0n) is 12.6. The number of aromatic nitrogens is 2. The van der Waals surface area contributed by atoms with Gasteiger partial charge < -0.3 is 16.0 Å². The average Bonchev–Trinajstić information content (AvgIpc) is 2.90. The molecule has 1 aromatic heterocycles. The summed E-state index contributed by atoms with van der Waals surface area (Å²) in [5.41, 5.74) is 6.75. The molecule has 21 heavy (non-hydrogen) atoms. The van der Waals surface area contributed by atoms with Gasteiger partial charge in [-0.05, 0) is 18.8 Å². The van der Waals surface area contributed by atoms with E-state index in [1.165, 1.54) is 6.92 Å². The highest BCUT2D eigenvalue weighted by Crippen LogP contribution is 2.20. The lowest BCUT2D eigenvalue weighted by Crippen LogP contribution is -2.44. The van der Waals surface area contributed by atoms with E-state index in [-0.39, 0.29) is 11.8 Å². The fourth-order valence-electron chi connectivity index (χ4n) is 2.59. The number of nitrogens with two attached hydrogens (primary N) is 1. The fraction of sp³-hybridized carbons (Fsp3) is 0.643. The van der Waals surface area contributed by atoms with Crippen LogP contribution in [0.15, 0.2) is 12.4 Å². The van der Waals surface area contributed by atoms with Crippen molar-refractivity contribution in [1.29, 1.82) is 0 Å². The van der Waals surface area contributed by atoms with Gasteiger partial charge >= 0.3 is 0 Å². The van der Waals surface area contributed by atoms with Gasteiger partial charge in [-0.1, -0.05) is 0 Å². The van der Waals surface area contributed by atoms with E-state index in [1.54, 1.807) is 24.1 Å². The van der Waals surface area contributed by atoms with Crippen molar-refractivity contribution in [2.45, 2.75) is 25.8 Å². The molecule has 0 radical (unpaired) electrons. The first-order valence-corrected chi connectivity index (χ1v) is 7.24. The van der Waals surface area contributed by atoms with E-state index in [1.807, 2.05) is 4.90 Å². The van der Waals surface area contributed by atoms with Gasteiger partial charge in [0.15, 0.2) is 0 Å². The summed E-state index contributed by atoms with van der Waals surface area (Å²) in [5, 5.41) is 6.88. The first-order valence-electron chi connectivity index (χ1n) is 7.24. The monoisotopic (exact) mass is 293 g/mol. The SMILES string of the molecule is CC(=O)NCC1CCN(C(=O)C(N)c2cnn(C)c2)CC1. The minimum atomic E-state index is -0.648. The molecule has 1 saturated heterocycles. The molecule has 0 aromatic carbocycles. The van der Waals surface area contributed by atoms with E-state index in [9.17, 15) is 9.59 Å². The number of nitrogens with zero attached hydrogens (tertiary/aromatic N) is 3. The molecular weight excluding hydrogens is 270 g/mol. The number of nitrogens with one attached hydrogen (secondary N) is 1. The second-order valence-electron chi connectivity index (χ2n) is 5.63. The molecule has 0 aliphatic carbocycles. The number of likely N-dealkylation sites (tertiary alicyclic amines) is 1. The lowest BCUT2D eigenvalue weighted by molar-refractivity contribution is -0.134. The number of hydrogen-bond acceptors (Lipinski definition) is 4. The van der Waals surface area contributed by atoms with Crippen LogP contribution < -0.4 is 11.1 Å². The minimum absolute atomic E-state index is 0.00731. The Labute approximate surface area is 124 Å². The van der Waals surface area contributed by atoms with Crippen LogP contribution in [0, 0.1) is 5.92 Å². The number of piperidine rings is 1. The van der Waals surface area contributed by atoms with Crippen LogP contribution in [0.3, 0.4) is 0 Å². The number of hydrogen-bond donors (Lipinski definition) is 2. The van der Waals surface area contributed by atoms with E-state index < -0.39 is 6.04 Å². The van der Waals surface area contributed by atoms with Crippen LogP contribution in [0.25, 0.3) is 0 Å². The number of aryl methyl sites for hydroxylation is 1. The summed E-state index contributed by atoms with van der Waals surface area (Å²) in [5.74, 6) is 0.376. The quantitative estimate of drug-likeness (QED) is 0.803. The van der Waals surface area contributed by atoms with Crippen molar-refractivity contribution in [2.24, 2.45) is 18.7 Å². The van der Waals surface area contributed by atoms with Crippen LogP contribution in [-0.4, -0.2) is 46.1 Å². The summed E-state index contributed by atoms with van der Waals surface area (Å²) in [7, 11) is 1.80. The highest BCUT2D eigenvalue weighted by molar-refractivity contribution is 5.83. The molecule has 1 atom stereocenters. The van der Waals surface area contributed by atoms with E-state index in [0.717, 1.165) is 18.4 Å². The van der Waals surface area contributed by atoms with Gasteiger partial charge in [0.2, 0.25) is 11.8 Å². The predicted octanol–water partition coefficient (Wildman–Crippen LogP) is -0.205. The zero-order chi connectivity index (χ0) is 15.4. The van der Waals surface area contributed by atoms with Gasteiger partial charge in [0, 0.05) is 45.4 Å².